The summed E-state index contributed by atoms with van der Waals surface area (Å²) >= 11 is 0. The van der Waals surface area contributed by atoms with Gasteiger partial charge in [-0.1, -0.05) is 6.07 Å². The van der Waals surface area contributed by atoms with Gasteiger partial charge in [-0.05, 0) is 24.6 Å². The fourth-order valence-corrected chi connectivity index (χ4v) is 2.01. The number of ether oxygens (including phenoxy) is 1. The Kier molecular flexibility index (Phi) is 2.68. The van der Waals surface area contributed by atoms with Crippen LogP contribution in [0.15, 0.2) is 18.2 Å². The molecule has 0 saturated heterocycles. The van der Waals surface area contributed by atoms with Crippen molar-refractivity contribution in [3.05, 3.63) is 23.8 Å². The predicted molar refractivity (Wildman–Crippen MR) is 58.2 cm³/mol. The lowest BCUT2D eigenvalue weighted by Crippen LogP contribution is -2.27. The summed E-state index contributed by atoms with van der Waals surface area (Å²) in [5.41, 5.74) is -2.24. The molecule has 1 saturated carbocycles. The summed E-state index contributed by atoms with van der Waals surface area (Å²) in [6, 6.07) is 3.51. The van der Waals surface area contributed by atoms with Crippen LogP contribution >= 0.6 is 0 Å². The largest absolute Gasteiger partial charge is 0.504 e. The van der Waals surface area contributed by atoms with Gasteiger partial charge in [-0.15, -0.1) is 0 Å². The SMILES string of the molecule is CCOc1cc(C2(C(=O)O)CC2(F)F)ccc1O. The molecule has 0 heterocycles. The number of hydrogen-bond acceptors (Lipinski definition) is 3. The predicted octanol–water partition coefficient (Wildman–Crippen LogP) is 2.15. The first-order valence-corrected chi connectivity index (χ1v) is 5.42. The molecule has 6 heteroatoms. The Morgan fingerprint density at radius 2 is 2.11 bits per heavy atom. The van der Waals surface area contributed by atoms with Crippen molar-refractivity contribution in [1.29, 1.82) is 0 Å². The van der Waals surface area contributed by atoms with Gasteiger partial charge in [-0.25, -0.2) is 8.78 Å². The number of carboxylic acid groups (broad SMARTS) is 1. The van der Waals surface area contributed by atoms with Gasteiger partial charge in [0.2, 0.25) is 0 Å². The lowest BCUT2D eigenvalue weighted by molar-refractivity contribution is -0.142. The van der Waals surface area contributed by atoms with Crippen LogP contribution in [-0.2, 0) is 10.2 Å². The number of rotatable bonds is 4. The third kappa shape index (κ3) is 1.60. The monoisotopic (exact) mass is 258 g/mol. The van der Waals surface area contributed by atoms with E-state index in [0.29, 0.717) is 0 Å². The zero-order chi connectivity index (χ0) is 13.6. The van der Waals surface area contributed by atoms with E-state index in [1.165, 1.54) is 12.1 Å². The number of benzene rings is 1. The van der Waals surface area contributed by atoms with Crippen LogP contribution in [0.2, 0.25) is 0 Å². The Bertz CT molecular complexity index is 501. The van der Waals surface area contributed by atoms with E-state index in [-0.39, 0.29) is 23.7 Å². The molecule has 0 bridgehead atoms. The smallest absolute Gasteiger partial charge is 0.320 e. The van der Waals surface area contributed by atoms with Crippen LogP contribution in [0.3, 0.4) is 0 Å². The maximum Gasteiger partial charge on any atom is 0.320 e. The van der Waals surface area contributed by atoms with Crippen LogP contribution in [0, 0.1) is 0 Å². The first kappa shape index (κ1) is 12.6. The van der Waals surface area contributed by atoms with Gasteiger partial charge in [0.15, 0.2) is 16.9 Å². The first-order valence-electron chi connectivity index (χ1n) is 5.42. The fraction of sp³-hybridized carbons (Fsp3) is 0.417. The molecule has 0 aromatic heterocycles. The minimum Gasteiger partial charge on any atom is -0.504 e. The Labute approximate surface area is 102 Å². The van der Waals surface area contributed by atoms with Gasteiger partial charge >= 0.3 is 5.97 Å². The van der Waals surface area contributed by atoms with Crippen molar-refractivity contribution in [2.45, 2.75) is 24.7 Å². The Balaban J connectivity index is 2.46. The summed E-state index contributed by atoms with van der Waals surface area (Å²) in [6.45, 7) is 1.91. The first-order chi connectivity index (χ1) is 8.35. The summed E-state index contributed by atoms with van der Waals surface area (Å²) < 4.78 is 31.7. The molecule has 1 aromatic carbocycles. The molecule has 1 aromatic rings. The highest BCUT2D eigenvalue weighted by Gasteiger charge is 2.77. The third-order valence-electron chi connectivity index (χ3n) is 3.10. The van der Waals surface area contributed by atoms with Crippen LogP contribution in [0.4, 0.5) is 8.78 Å². The summed E-state index contributed by atoms with van der Waals surface area (Å²) in [7, 11) is 0. The molecule has 0 aliphatic heterocycles. The van der Waals surface area contributed by atoms with E-state index in [4.69, 9.17) is 9.84 Å². The molecule has 98 valence electrons. The second kappa shape index (κ2) is 3.83. The van der Waals surface area contributed by atoms with E-state index in [0.717, 1.165) is 6.07 Å². The zero-order valence-electron chi connectivity index (χ0n) is 9.61. The molecule has 0 radical (unpaired) electrons. The normalized spacial score (nSPS) is 24.6. The van der Waals surface area contributed by atoms with Crippen LogP contribution < -0.4 is 4.74 Å². The number of phenolic OH excluding ortho intramolecular Hbond substituents is 1. The molecule has 1 unspecified atom stereocenters. The van der Waals surface area contributed by atoms with E-state index in [2.05, 4.69) is 0 Å². The highest BCUT2D eigenvalue weighted by Crippen LogP contribution is 2.62. The highest BCUT2D eigenvalue weighted by atomic mass is 19.3. The van der Waals surface area contributed by atoms with Crippen molar-refractivity contribution in [2.75, 3.05) is 6.61 Å². The maximum atomic E-state index is 13.3. The summed E-state index contributed by atoms with van der Waals surface area (Å²) in [5.74, 6) is -5.02. The molecular formula is C12H12F2O4. The summed E-state index contributed by atoms with van der Waals surface area (Å²) in [4.78, 5) is 11.1. The molecular weight excluding hydrogens is 246 g/mol. The Hall–Kier alpha value is -1.85. The molecule has 2 N–H and O–H groups in total. The van der Waals surface area contributed by atoms with Crippen LogP contribution in [0.5, 0.6) is 11.5 Å². The van der Waals surface area contributed by atoms with Crippen LogP contribution in [0.1, 0.15) is 18.9 Å². The van der Waals surface area contributed by atoms with Crippen molar-refractivity contribution in [1.82, 2.24) is 0 Å². The van der Waals surface area contributed by atoms with Crippen molar-refractivity contribution < 1.29 is 28.5 Å². The van der Waals surface area contributed by atoms with Crippen molar-refractivity contribution in [3.63, 3.8) is 0 Å². The van der Waals surface area contributed by atoms with Gasteiger partial charge in [0.05, 0.1) is 6.61 Å². The maximum absolute atomic E-state index is 13.3. The molecule has 4 nitrogen and oxygen atoms in total. The van der Waals surface area contributed by atoms with Crippen molar-refractivity contribution in [3.8, 4) is 11.5 Å². The van der Waals surface area contributed by atoms with Crippen LogP contribution in [-0.4, -0.2) is 28.7 Å². The van der Waals surface area contributed by atoms with Gasteiger partial charge in [0, 0.05) is 6.42 Å². The molecule has 2 rings (SSSR count). The minimum absolute atomic E-state index is 0.0123. The number of halogens is 2. The van der Waals surface area contributed by atoms with E-state index < -0.39 is 23.7 Å². The van der Waals surface area contributed by atoms with Crippen molar-refractivity contribution in [2.24, 2.45) is 0 Å². The molecule has 18 heavy (non-hydrogen) atoms. The zero-order valence-corrected chi connectivity index (χ0v) is 9.61. The van der Waals surface area contributed by atoms with E-state index in [1.807, 2.05) is 0 Å². The second-order valence-electron chi connectivity index (χ2n) is 4.21. The minimum atomic E-state index is -3.26. The number of carboxylic acids is 1. The average Bonchev–Trinajstić information content (AvgIpc) is 2.87. The Morgan fingerprint density at radius 1 is 1.50 bits per heavy atom. The number of phenols is 1. The summed E-state index contributed by atoms with van der Waals surface area (Å²) in [5, 5.41) is 18.5. The lowest BCUT2D eigenvalue weighted by atomic mass is 9.95. The standard InChI is InChI=1S/C12H12F2O4/c1-2-18-9-5-7(3-4-8(9)15)11(10(16)17)6-12(11,13)14/h3-5,15H,2,6H2,1H3,(H,16,17). The molecule has 1 aliphatic carbocycles. The number of aromatic hydroxyl groups is 1. The van der Waals surface area contributed by atoms with Gasteiger partial charge in [0.1, 0.15) is 0 Å². The lowest BCUT2D eigenvalue weighted by Gasteiger charge is -2.14. The molecule has 0 spiro atoms. The van der Waals surface area contributed by atoms with Gasteiger partial charge < -0.3 is 14.9 Å². The third-order valence-corrected chi connectivity index (χ3v) is 3.10. The topological polar surface area (TPSA) is 66.8 Å². The second-order valence-corrected chi connectivity index (χ2v) is 4.21. The van der Waals surface area contributed by atoms with Crippen LogP contribution in [0.25, 0.3) is 0 Å². The van der Waals surface area contributed by atoms with Gasteiger partial charge in [-0.3, -0.25) is 4.79 Å². The summed E-state index contributed by atoms with van der Waals surface area (Å²) in [6.07, 6.45) is -0.730. The van der Waals surface area contributed by atoms with Gasteiger partial charge in [0.25, 0.3) is 5.92 Å². The highest BCUT2D eigenvalue weighted by molar-refractivity contribution is 5.88. The average molecular weight is 258 g/mol. The number of hydrogen-bond donors (Lipinski definition) is 2. The Morgan fingerprint density at radius 3 is 2.56 bits per heavy atom. The van der Waals surface area contributed by atoms with E-state index in [1.54, 1.807) is 6.92 Å². The molecule has 1 aliphatic rings. The van der Waals surface area contributed by atoms with Gasteiger partial charge in [-0.2, -0.15) is 0 Å². The number of aliphatic carboxylic acids is 1. The molecule has 1 fully saturated rings. The van der Waals surface area contributed by atoms with E-state index >= 15 is 0 Å². The number of alkyl halides is 2. The quantitative estimate of drug-likeness (QED) is 0.868. The molecule has 0 amide bonds. The van der Waals surface area contributed by atoms with Crippen molar-refractivity contribution >= 4 is 5.97 Å². The molecule has 1 atom stereocenters. The fourth-order valence-electron chi connectivity index (χ4n) is 2.01. The van der Waals surface area contributed by atoms with E-state index in [9.17, 15) is 18.7 Å². The number of carbonyl (C=O) groups is 1.